The van der Waals surface area contributed by atoms with E-state index < -0.39 is 15.8 Å². The zero-order valence-corrected chi connectivity index (χ0v) is 16.0. The second kappa shape index (κ2) is 8.19. The molecular weight excluding hydrogens is 367 g/mol. The molecule has 0 saturated carbocycles. The largest absolute Gasteiger partial charge is 0.340 e. The summed E-state index contributed by atoms with van der Waals surface area (Å²) in [7, 11) is -3.89. The smallest absolute Gasteiger partial charge is 0.246 e. The molecule has 1 atom stereocenters. The van der Waals surface area contributed by atoms with Crippen LogP contribution >= 0.6 is 0 Å². The van der Waals surface area contributed by atoms with E-state index in [-0.39, 0.29) is 29.8 Å². The predicted octanol–water partition coefficient (Wildman–Crippen LogP) is 2.85. The number of amides is 1. The van der Waals surface area contributed by atoms with Crippen LogP contribution in [0.2, 0.25) is 0 Å². The maximum Gasteiger partial charge on any atom is 0.246 e. The van der Waals surface area contributed by atoms with Crippen molar-refractivity contribution in [3.63, 3.8) is 0 Å². The van der Waals surface area contributed by atoms with Crippen molar-refractivity contribution in [3.05, 3.63) is 66.0 Å². The Morgan fingerprint density at radius 2 is 1.59 bits per heavy atom. The Labute approximate surface area is 159 Å². The van der Waals surface area contributed by atoms with Gasteiger partial charge in [-0.25, -0.2) is 12.8 Å². The third-order valence-electron chi connectivity index (χ3n) is 4.90. The Morgan fingerprint density at radius 1 is 1.00 bits per heavy atom. The van der Waals surface area contributed by atoms with Gasteiger partial charge in [-0.1, -0.05) is 49.4 Å². The summed E-state index contributed by atoms with van der Waals surface area (Å²) in [6.07, 6.45) is 0.379. The molecule has 2 aromatic rings. The van der Waals surface area contributed by atoms with E-state index in [1.807, 2.05) is 37.3 Å². The van der Waals surface area contributed by atoms with Crippen molar-refractivity contribution < 1.29 is 17.6 Å². The van der Waals surface area contributed by atoms with E-state index in [0.29, 0.717) is 19.5 Å². The number of carbonyl (C=O) groups excluding carboxylic acids is 1. The van der Waals surface area contributed by atoms with E-state index >= 15 is 0 Å². The van der Waals surface area contributed by atoms with Crippen LogP contribution in [0, 0.1) is 5.82 Å². The maximum absolute atomic E-state index is 13.9. The minimum Gasteiger partial charge on any atom is -0.340 e. The first kappa shape index (κ1) is 19.5. The second-order valence-electron chi connectivity index (χ2n) is 6.73. The van der Waals surface area contributed by atoms with Gasteiger partial charge in [-0.05, 0) is 23.6 Å². The summed E-state index contributed by atoms with van der Waals surface area (Å²) in [4.78, 5) is 13.9. The Bertz CT molecular complexity index is 894. The number of nitrogens with zero attached hydrogens (tertiary/aromatic N) is 2. The minimum atomic E-state index is -3.89. The number of sulfonamides is 1. The summed E-state index contributed by atoms with van der Waals surface area (Å²) in [5.74, 6) is -0.652. The summed E-state index contributed by atoms with van der Waals surface area (Å²) in [6.45, 7) is 2.97. The highest BCUT2D eigenvalue weighted by Gasteiger charge is 2.32. The summed E-state index contributed by atoms with van der Waals surface area (Å²) in [5, 5.41) is 0. The highest BCUT2D eigenvalue weighted by atomic mass is 32.2. The molecule has 1 aliphatic heterocycles. The zero-order chi connectivity index (χ0) is 19.4. The van der Waals surface area contributed by atoms with Gasteiger partial charge >= 0.3 is 0 Å². The zero-order valence-electron chi connectivity index (χ0n) is 15.2. The topological polar surface area (TPSA) is 57.7 Å². The Hall–Kier alpha value is -2.25. The number of rotatable bonds is 5. The summed E-state index contributed by atoms with van der Waals surface area (Å²) in [6, 6.07) is 15.2. The fourth-order valence-corrected chi connectivity index (χ4v) is 4.75. The fraction of sp³-hybridized carbons (Fsp3) is 0.350. The van der Waals surface area contributed by atoms with Crippen LogP contribution in [0.5, 0.6) is 0 Å². The van der Waals surface area contributed by atoms with Crippen molar-refractivity contribution in [2.45, 2.75) is 24.2 Å². The van der Waals surface area contributed by atoms with Gasteiger partial charge in [0.1, 0.15) is 10.7 Å². The fourth-order valence-electron chi connectivity index (χ4n) is 3.26. The lowest BCUT2D eigenvalue weighted by atomic mass is 9.97. The second-order valence-corrected chi connectivity index (χ2v) is 8.64. The van der Waals surface area contributed by atoms with Gasteiger partial charge in [-0.2, -0.15) is 4.31 Å². The van der Waals surface area contributed by atoms with Gasteiger partial charge in [0.25, 0.3) is 0 Å². The van der Waals surface area contributed by atoms with Crippen molar-refractivity contribution >= 4 is 15.9 Å². The van der Waals surface area contributed by atoms with E-state index in [2.05, 4.69) is 0 Å². The Balaban J connectivity index is 1.60. The number of carbonyl (C=O) groups is 1. The molecule has 5 nitrogen and oxygen atoms in total. The molecular formula is C20H23FN2O3S. The molecule has 0 spiro atoms. The van der Waals surface area contributed by atoms with Crippen LogP contribution in [0.4, 0.5) is 4.39 Å². The van der Waals surface area contributed by atoms with Crippen LogP contribution in [-0.2, 0) is 14.8 Å². The lowest BCUT2D eigenvalue weighted by molar-refractivity contribution is -0.132. The molecule has 144 valence electrons. The SMILES string of the molecule is C[C@@H](CC(=O)N1CCN(S(=O)(=O)c2ccccc2F)CC1)c1ccccc1. The lowest BCUT2D eigenvalue weighted by Crippen LogP contribution is -2.50. The van der Waals surface area contributed by atoms with Gasteiger partial charge in [0.05, 0.1) is 0 Å². The van der Waals surface area contributed by atoms with Gasteiger partial charge in [0, 0.05) is 32.6 Å². The molecule has 1 aliphatic rings. The minimum absolute atomic E-state index is 0.00860. The number of piperazine rings is 1. The van der Waals surface area contributed by atoms with Gasteiger partial charge < -0.3 is 4.90 Å². The number of benzene rings is 2. The molecule has 1 amide bonds. The normalized spacial score (nSPS) is 16.9. The van der Waals surface area contributed by atoms with Gasteiger partial charge in [-0.15, -0.1) is 0 Å². The number of halogens is 1. The van der Waals surface area contributed by atoms with Crippen LogP contribution < -0.4 is 0 Å². The average Bonchev–Trinajstić information content (AvgIpc) is 2.69. The van der Waals surface area contributed by atoms with E-state index in [1.54, 1.807) is 4.90 Å². The molecule has 1 fully saturated rings. The molecule has 1 saturated heterocycles. The van der Waals surface area contributed by atoms with E-state index in [4.69, 9.17) is 0 Å². The first-order valence-corrected chi connectivity index (χ1v) is 10.4. The molecule has 27 heavy (non-hydrogen) atoms. The maximum atomic E-state index is 13.9. The Kier molecular flexibility index (Phi) is 5.92. The first-order valence-electron chi connectivity index (χ1n) is 8.97. The summed E-state index contributed by atoms with van der Waals surface area (Å²) >= 11 is 0. The number of hydrogen-bond donors (Lipinski definition) is 0. The first-order chi connectivity index (χ1) is 12.9. The third kappa shape index (κ3) is 4.36. The van der Waals surface area contributed by atoms with Gasteiger partial charge in [-0.3, -0.25) is 4.79 Å². The standard InChI is InChI=1S/C20H23FN2O3S/c1-16(17-7-3-2-4-8-17)15-20(24)22-11-13-23(14-12-22)27(25,26)19-10-6-5-9-18(19)21/h2-10,16H,11-15H2,1H3/t16-/m0/s1. The third-order valence-corrected chi connectivity index (χ3v) is 6.83. The molecule has 0 unspecified atom stereocenters. The summed E-state index contributed by atoms with van der Waals surface area (Å²) in [5.41, 5.74) is 1.10. The molecule has 0 aliphatic carbocycles. The van der Waals surface area contributed by atoms with Crippen LogP contribution in [0.15, 0.2) is 59.5 Å². The van der Waals surface area contributed by atoms with E-state index in [9.17, 15) is 17.6 Å². The molecule has 0 aromatic heterocycles. The van der Waals surface area contributed by atoms with Crippen molar-refractivity contribution in [2.75, 3.05) is 26.2 Å². The van der Waals surface area contributed by atoms with Crippen LogP contribution in [0.25, 0.3) is 0 Å². The summed E-state index contributed by atoms with van der Waals surface area (Å²) < 4.78 is 40.4. The van der Waals surface area contributed by atoms with Crippen molar-refractivity contribution in [1.29, 1.82) is 0 Å². The molecule has 0 bridgehead atoms. The highest BCUT2D eigenvalue weighted by Crippen LogP contribution is 2.23. The van der Waals surface area contributed by atoms with Crippen LogP contribution in [0.1, 0.15) is 24.8 Å². The van der Waals surface area contributed by atoms with Gasteiger partial charge in [0.15, 0.2) is 0 Å². The van der Waals surface area contributed by atoms with E-state index in [1.165, 1.54) is 22.5 Å². The van der Waals surface area contributed by atoms with Crippen molar-refractivity contribution in [1.82, 2.24) is 9.21 Å². The van der Waals surface area contributed by atoms with Crippen LogP contribution in [0.3, 0.4) is 0 Å². The molecule has 0 radical (unpaired) electrons. The van der Waals surface area contributed by atoms with E-state index in [0.717, 1.165) is 11.6 Å². The average molecular weight is 390 g/mol. The highest BCUT2D eigenvalue weighted by molar-refractivity contribution is 7.89. The molecule has 0 N–H and O–H groups in total. The van der Waals surface area contributed by atoms with Crippen molar-refractivity contribution in [3.8, 4) is 0 Å². The lowest BCUT2D eigenvalue weighted by Gasteiger charge is -2.34. The molecule has 7 heteroatoms. The molecule has 3 rings (SSSR count). The quantitative estimate of drug-likeness (QED) is 0.789. The Morgan fingerprint density at radius 3 is 2.22 bits per heavy atom. The monoisotopic (exact) mass is 390 g/mol. The molecule has 1 heterocycles. The molecule has 2 aromatic carbocycles. The van der Waals surface area contributed by atoms with Crippen molar-refractivity contribution in [2.24, 2.45) is 0 Å². The predicted molar refractivity (Wildman–Crippen MR) is 101 cm³/mol. The van der Waals surface area contributed by atoms with Gasteiger partial charge in [0.2, 0.25) is 15.9 Å². The number of hydrogen-bond acceptors (Lipinski definition) is 3. The van der Waals surface area contributed by atoms with Crippen LogP contribution in [-0.4, -0.2) is 49.7 Å².